The maximum atomic E-state index is 10.9. The summed E-state index contributed by atoms with van der Waals surface area (Å²) >= 11 is 0. The molecule has 0 aromatic heterocycles. The van der Waals surface area contributed by atoms with E-state index in [2.05, 4.69) is 53.3 Å². The number of hydrogen-bond donors (Lipinski definition) is 1. The zero-order valence-electron chi connectivity index (χ0n) is 15.3. The maximum Gasteiger partial charge on any atom is 0.305 e. The van der Waals surface area contributed by atoms with Crippen LogP contribution in [0, 0.1) is 0 Å². The lowest BCUT2D eigenvalue weighted by Gasteiger charge is -2.03. The first-order valence-corrected chi connectivity index (χ1v) is 9.05. The number of allylic oxidation sites excluding steroid dienone is 8. The van der Waals surface area contributed by atoms with Crippen molar-refractivity contribution in [3.63, 3.8) is 0 Å². The highest BCUT2D eigenvalue weighted by atomic mass is 16.5. The fourth-order valence-electron chi connectivity index (χ4n) is 2.01. The highest BCUT2D eigenvalue weighted by molar-refractivity contribution is 5.69. The molecule has 3 heteroatoms. The van der Waals surface area contributed by atoms with Crippen molar-refractivity contribution in [1.82, 2.24) is 0 Å². The molecular weight excluding hydrogens is 300 g/mol. The molecule has 0 saturated carbocycles. The first-order chi connectivity index (χ1) is 11.7. The minimum absolute atomic E-state index is 0.136. The molecule has 0 aromatic carbocycles. The second-order valence-corrected chi connectivity index (χ2v) is 5.70. The van der Waals surface area contributed by atoms with Gasteiger partial charge in [-0.05, 0) is 51.4 Å². The Hall–Kier alpha value is -1.61. The molecule has 1 N–H and O–H groups in total. The van der Waals surface area contributed by atoms with Crippen LogP contribution < -0.4 is 0 Å². The van der Waals surface area contributed by atoms with Gasteiger partial charge in [0.15, 0.2) is 0 Å². The van der Waals surface area contributed by atoms with Gasteiger partial charge in [-0.15, -0.1) is 0 Å². The number of aliphatic hydroxyl groups excluding tert-OH is 1. The molecule has 1 atom stereocenters. The maximum absolute atomic E-state index is 10.9. The minimum atomic E-state index is -0.155. The van der Waals surface area contributed by atoms with E-state index in [1.165, 1.54) is 7.11 Å². The molecule has 136 valence electrons. The Labute approximate surface area is 147 Å². The van der Waals surface area contributed by atoms with Gasteiger partial charge >= 0.3 is 5.97 Å². The van der Waals surface area contributed by atoms with Gasteiger partial charge in [-0.1, -0.05) is 55.5 Å². The number of esters is 1. The van der Waals surface area contributed by atoms with Crippen LogP contribution in [0.1, 0.15) is 64.7 Å². The highest BCUT2D eigenvalue weighted by Gasteiger charge is 1.97. The van der Waals surface area contributed by atoms with Gasteiger partial charge in [0.2, 0.25) is 0 Å². The lowest BCUT2D eigenvalue weighted by Crippen LogP contribution is -2.02. The molecule has 0 radical (unpaired) electrons. The fourth-order valence-corrected chi connectivity index (χ4v) is 2.01. The molecule has 0 aliphatic heterocycles. The largest absolute Gasteiger partial charge is 0.469 e. The number of carbonyl (C=O) groups excluding carboxylic acids is 1. The van der Waals surface area contributed by atoms with Gasteiger partial charge in [0.25, 0.3) is 0 Å². The lowest BCUT2D eigenvalue weighted by molar-refractivity contribution is -0.140. The molecule has 0 rings (SSSR count). The highest BCUT2D eigenvalue weighted by Crippen LogP contribution is 2.02. The number of unbranched alkanes of at least 4 members (excludes halogenated alkanes) is 1. The molecule has 0 unspecified atom stereocenters. The summed E-state index contributed by atoms with van der Waals surface area (Å²) in [7, 11) is 1.42. The van der Waals surface area contributed by atoms with E-state index in [1.54, 1.807) is 0 Å². The zero-order valence-corrected chi connectivity index (χ0v) is 15.3. The van der Waals surface area contributed by atoms with Crippen LogP contribution >= 0.6 is 0 Å². The van der Waals surface area contributed by atoms with Crippen LogP contribution in [0.5, 0.6) is 0 Å². The molecule has 0 heterocycles. The van der Waals surface area contributed by atoms with Crippen LogP contribution in [0.2, 0.25) is 0 Å². The van der Waals surface area contributed by atoms with Crippen molar-refractivity contribution >= 4 is 5.97 Å². The van der Waals surface area contributed by atoms with Crippen LogP contribution in [-0.2, 0) is 9.53 Å². The molecular formula is C21H34O3. The summed E-state index contributed by atoms with van der Waals surface area (Å²) < 4.78 is 4.59. The average molecular weight is 335 g/mol. The van der Waals surface area contributed by atoms with E-state index in [4.69, 9.17) is 0 Å². The van der Waals surface area contributed by atoms with Crippen molar-refractivity contribution in [2.75, 3.05) is 7.11 Å². The van der Waals surface area contributed by atoms with Gasteiger partial charge in [0, 0.05) is 6.42 Å². The number of carbonyl (C=O) groups is 1. The molecule has 0 saturated heterocycles. The van der Waals surface area contributed by atoms with Gasteiger partial charge in [-0.2, -0.15) is 0 Å². The summed E-state index contributed by atoms with van der Waals surface area (Å²) in [6.07, 6.45) is 24.8. The molecule has 24 heavy (non-hydrogen) atoms. The Bertz CT molecular complexity index is 405. The van der Waals surface area contributed by atoms with E-state index in [0.717, 1.165) is 51.4 Å². The second-order valence-electron chi connectivity index (χ2n) is 5.70. The van der Waals surface area contributed by atoms with Gasteiger partial charge < -0.3 is 9.84 Å². The number of hydrogen-bond acceptors (Lipinski definition) is 3. The zero-order chi connectivity index (χ0) is 17.9. The molecule has 0 fully saturated rings. The Morgan fingerprint density at radius 3 is 1.92 bits per heavy atom. The Morgan fingerprint density at radius 1 is 0.917 bits per heavy atom. The third-order valence-electron chi connectivity index (χ3n) is 3.60. The smallest absolute Gasteiger partial charge is 0.305 e. The van der Waals surface area contributed by atoms with E-state index >= 15 is 0 Å². The Morgan fingerprint density at radius 2 is 1.42 bits per heavy atom. The molecule has 0 aromatic rings. The minimum Gasteiger partial charge on any atom is -0.469 e. The summed E-state index contributed by atoms with van der Waals surface area (Å²) in [5.41, 5.74) is 0. The standard InChI is InChI=1S/C21H34O3/c1-3-20(22)18-16-14-12-10-8-6-4-5-7-9-11-13-15-17-19-21(23)24-2/h5-8,11-14,20,22H,3-4,9-10,15-19H2,1-2H3/b7-5-,8-6-,13-11-,14-12-/t20-/m0/s1. The molecule has 0 bridgehead atoms. The van der Waals surface area contributed by atoms with Crippen LogP contribution in [0.4, 0.5) is 0 Å². The van der Waals surface area contributed by atoms with Crippen molar-refractivity contribution in [3.05, 3.63) is 48.6 Å². The number of rotatable bonds is 14. The van der Waals surface area contributed by atoms with Crippen LogP contribution in [-0.4, -0.2) is 24.3 Å². The van der Waals surface area contributed by atoms with Crippen LogP contribution in [0.15, 0.2) is 48.6 Å². The van der Waals surface area contributed by atoms with Gasteiger partial charge in [-0.25, -0.2) is 0 Å². The number of ether oxygens (including phenoxy) is 1. The normalized spacial score (nSPS) is 13.6. The summed E-state index contributed by atoms with van der Waals surface area (Å²) in [6, 6.07) is 0. The third-order valence-corrected chi connectivity index (χ3v) is 3.60. The average Bonchev–Trinajstić information content (AvgIpc) is 2.60. The predicted molar refractivity (Wildman–Crippen MR) is 102 cm³/mol. The molecule has 0 amide bonds. The summed E-state index contributed by atoms with van der Waals surface area (Å²) in [5, 5.41) is 9.42. The van der Waals surface area contributed by atoms with Crippen molar-refractivity contribution in [2.45, 2.75) is 70.8 Å². The van der Waals surface area contributed by atoms with E-state index in [0.29, 0.717) is 6.42 Å². The van der Waals surface area contributed by atoms with Crippen molar-refractivity contribution in [1.29, 1.82) is 0 Å². The SMILES string of the molecule is CC[C@H](O)CC/C=C\C/C=C\C/C=C\C/C=C\CCCC(=O)OC. The predicted octanol–water partition coefficient (Wildman–Crippen LogP) is 5.28. The third kappa shape index (κ3) is 16.8. The first-order valence-electron chi connectivity index (χ1n) is 9.05. The Kier molecular flexibility index (Phi) is 16.5. The molecule has 0 aliphatic carbocycles. The van der Waals surface area contributed by atoms with E-state index in [1.807, 2.05) is 6.92 Å². The van der Waals surface area contributed by atoms with Crippen LogP contribution in [0.3, 0.4) is 0 Å². The van der Waals surface area contributed by atoms with Gasteiger partial charge in [0.05, 0.1) is 13.2 Å². The van der Waals surface area contributed by atoms with Crippen molar-refractivity contribution in [3.8, 4) is 0 Å². The second kappa shape index (κ2) is 17.7. The van der Waals surface area contributed by atoms with Gasteiger partial charge in [-0.3, -0.25) is 4.79 Å². The van der Waals surface area contributed by atoms with Crippen molar-refractivity contribution in [2.24, 2.45) is 0 Å². The Balaban J connectivity index is 3.48. The first kappa shape index (κ1) is 22.4. The van der Waals surface area contributed by atoms with Gasteiger partial charge in [0.1, 0.15) is 0 Å². The van der Waals surface area contributed by atoms with E-state index < -0.39 is 0 Å². The monoisotopic (exact) mass is 334 g/mol. The van der Waals surface area contributed by atoms with E-state index in [-0.39, 0.29) is 12.1 Å². The summed E-state index contributed by atoms with van der Waals surface area (Å²) in [5.74, 6) is -0.136. The molecule has 3 nitrogen and oxygen atoms in total. The van der Waals surface area contributed by atoms with Crippen molar-refractivity contribution < 1.29 is 14.6 Å². The number of methoxy groups -OCH3 is 1. The molecule has 0 spiro atoms. The topological polar surface area (TPSA) is 46.5 Å². The lowest BCUT2D eigenvalue weighted by atomic mass is 10.1. The summed E-state index contributed by atoms with van der Waals surface area (Å²) in [4.78, 5) is 10.9. The number of aliphatic hydroxyl groups is 1. The van der Waals surface area contributed by atoms with Crippen LogP contribution in [0.25, 0.3) is 0 Å². The molecule has 0 aliphatic rings. The quantitative estimate of drug-likeness (QED) is 0.267. The van der Waals surface area contributed by atoms with E-state index in [9.17, 15) is 9.90 Å². The fraction of sp³-hybridized carbons (Fsp3) is 0.571. The summed E-state index contributed by atoms with van der Waals surface area (Å²) in [6.45, 7) is 2.01.